The molecule has 1 aromatic heterocycles. The average Bonchev–Trinajstić information content (AvgIpc) is 3.02. The Morgan fingerprint density at radius 2 is 1.74 bits per heavy atom. The second kappa shape index (κ2) is 7.54. The highest BCUT2D eigenvalue weighted by Gasteiger charge is 2.17. The van der Waals surface area contributed by atoms with Crippen LogP contribution in [0.1, 0.15) is 12.5 Å². The number of carbonyl (C=O) groups excluding carboxylic acids is 1. The summed E-state index contributed by atoms with van der Waals surface area (Å²) in [4.78, 5) is 10.9. The topological polar surface area (TPSA) is 78.3 Å². The highest BCUT2D eigenvalue weighted by molar-refractivity contribution is 7.91. The Balaban J connectivity index is 1.94. The molecule has 0 aliphatic rings. The van der Waals surface area contributed by atoms with E-state index in [4.69, 9.17) is 11.6 Å². The Hall–Kier alpha value is -2.64. The Labute approximate surface area is 162 Å². The molecule has 3 aromatic rings. The largest absolute Gasteiger partial charge is 0.449 e. The van der Waals surface area contributed by atoms with Crippen molar-refractivity contribution in [2.75, 3.05) is 5.94 Å². The molecule has 0 N–H and O–H groups in total. The fraction of sp³-hybridized carbons (Fsp3) is 0.158. The van der Waals surface area contributed by atoms with Gasteiger partial charge in [0.2, 0.25) is 9.84 Å². The van der Waals surface area contributed by atoms with E-state index in [1.807, 2.05) is 31.2 Å². The molecule has 0 saturated heterocycles. The van der Waals surface area contributed by atoms with Crippen LogP contribution in [0.5, 0.6) is 0 Å². The second-order valence-corrected chi connectivity index (χ2v) is 8.32. The summed E-state index contributed by atoms with van der Waals surface area (Å²) in [6, 6.07) is 15.8. The van der Waals surface area contributed by atoms with Crippen molar-refractivity contribution in [3.05, 3.63) is 65.3 Å². The summed E-state index contributed by atoms with van der Waals surface area (Å²) in [5, 5.41) is 4.64. The van der Waals surface area contributed by atoms with Gasteiger partial charge in [0.1, 0.15) is 0 Å². The number of esters is 1. The molecule has 6 nitrogen and oxygen atoms in total. The molecule has 0 aliphatic carbocycles. The van der Waals surface area contributed by atoms with Crippen molar-refractivity contribution in [3.63, 3.8) is 0 Å². The molecule has 0 radical (unpaired) electrons. The minimum Gasteiger partial charge on any atom is -0.449 e. The maximum absolute atomic E-state index is 12.2. The summed E-state index contributed by atoms with van der Waals surface area (Å²) in [6.45, 7) is 3.16. The minimum absolute atomic E-state index is 0.0694. The number of benzene rings is 2. The molecule has 1 heterocycles. The predicted molar refractivity (Wildman–Crippen MR) is 103 cm³/mol. The van der Waals surface area contributed by atoms with Crippen LogP contribution in [0.25, 0.3) is 16.9 Å². The minimum atomic E-state index is -3.71. The Kier molecular flexibility index (Phi) is 5.34. The fourth-order valence-electron chi connectivity index (χ4n) is 2.50. The van der Waals surface area contributed by atoms with Crippen molar-refractivity contribution >= 4 is 27.4 Å². The Morgan fingerprint density at radius 1 is 1.11 bits per heavy atom. The van der Waals surface area contributed by atoms with Gasteiger partial charge in [0.05, 0.1) is 16.3 Å². The van der Waals surface area contributed by atoms with Crippen LogP contribution < -0.4 is 0 Å². The van der Waals surface area contributed by atoms with Crippen LogP contribution in [0.4, 0.5) is 0 Å². The molecule has 8 heteroatoms. The molecular formula is C19H17ClN2O4S. The van der Waals surface area contributed by atoms with Crippen LogP contribution in [0.3, 0.4) is 0 Å². The zero-order valence-corrected chi connectivity index (χ0v) is 16.3. The third-order valence-corrected chi connectivity index (χ3v) is 5.49. The Morgan fingerprint density at radius 3 is 2.33 bits per heavy atom. The quantitative estimate of drug-likeness (QED) is 0.604. The van der Waals surface area contributed by atoms with Crippen LogP contribution in [0, 0.1) is 6.92 Å². The lowest BCUT2D eigenvalue weighted by molar-refractivity contribution is -0.138. The zero-order chi connectivity index (χ0) is 19.6. The highest BCUT2D eigenvalue weighted by Crippen LogP contribution is 2.27. The Bertz CT molecular complexity index is 1070. The molecule has 0 aliphatic heterocycles. The first-order valence-corrected chi connectivity index (χ1v) is 10.1. The molecule has 0 atom stereocenters. The normalized spacial score (nSPS) is 11.4. The van der Waals surface area contributed by atoms with Crippen molar-refractivity contribution in [1.29, 1.82) is 0 Å². The van der Waals surface area contributed by atoms with Gasteiger partial charge in [-0.05, 0) is 31.2 Å². The van der Waals surface area contributed by atoms with Gasteiger partial charge >= 0.3 is 5.97 Å². The molecule has 3 rings (SSSR count). The molecule has 0 spiro atoms. The van der Waals surface area contributed by atoms with E-state index in [-0.39, 0.29) is 4.90 Å². The standard InChI is InChI=1S/C19H17ClN2O4S/c1-13-3-7-16(8-4-13)22-18(11-19(20)21-22)15-5-9-17(10-6-15)27(24,25)12-26-14(2)23/h3-11H,12H2,1-2H3. The van der Waals surface area contributed by atoms with Gasteiger partial charge in [0, 0.05) is 18.6 Å². The number of rotatable bonds is 5. The summed E-state index contributed by atoms with van der Waals surface area (Å²) in [5.74, 6) is -1.33. The molecule has 0 unspecified atom stereocenters. The SMILES string of the molecule is CC(=O)OCS(=O)(=O)c1ccc(-c2cc(Cl)nn2-c2ccc(C)cc2)cc1. The van der Waals surface area contributed by atoms with Gasteiger partial charge in [-0.2, -0.15) is 5.10 Å². The first-order chi connectivity index (χ1) is 12.8. The maximum atomic E-state index is 12.2. The van der Waals surface area contributed by atoms with Gasteiger partial charge < -0.3 is 4.74 Å². The summed E-state index contributed by atoms with van der Waals surface area (Å²) in [7, 11) is -3.71. The number of ether oxygens (including phenoxy) is 1. The van der Waals surface area contributed by atoms with E-state index < -0.39 is 21.7 Å². The number of aromatic nitrogens is 2. The summed E-state index contributed by atoms with van der Waals surface area (Å²) >= 11 is 6.10. The molecule has 27 heavy (non-hydrogen) atoms. The summed E-state index contributed by atoms with van der Waals surface area (Å²) < 4.78 is 30.7. The molecule has 2 aromatic carbocycles. The lowest BCUT2D eigenvalue weighted by Crippen LogP contribution is -2.12. The fourth-order valence-corrected chi connectivity index (χ4v) is 3.69. The number of carbonyl (C=O) groups is 1. The second-order valence-electron chi connectivity index (χ2n) is 5.99. The molecule has 0 fully saturated rings. The molecule has 140 valence electrons. The highest BCUT2D eigenvalue weighted by atomic mass is 35.5. The molecule has 0 saturated carbocycles. The van der Waals surface area contributed by atoms with Gasteiger partial charge in [0.15, 0.2) is 11.1 Å². The van der Waals surface area contributed by atoms with Crippen LogP contribution >= 0.6 is 11.6 Å². The number of halogens is 1. The number of aryl methyl sites for hydroxylation is 1. The van der Waals surface area contributed by atoms with Crippen molar-refractivity contribution < 1.29 is 17.9 Å². The number of sulfone groups is 1. The zero-order valence-electron chi connectivity index (χ0n) is 14.7. The third kappa shape index (κ3) is 4.37. The van der Waals surface area contributed by atoms with Gasteiger partial charge in [0.25, 0.3) is 0 Å². The van der Waals surface area contributed by atoms with Crippen LogP contribution in [0.15, 0.2) is 59.5 Å². The van der Waals surface area contributed by atoms with Crippen LogP contribution in [0.2, 0.25) is 5.15 Å². The molecule has 0 bridgehead atoms. The smallest absolute Gasteiger partial charge is 0.303 e. The average molecular weight is 405 g/mol. The van der Waals surface area contributed by atoms with E-state index in [2.05, 4.69) is 9.84 Å². The van der Waals surface area contributed by atoms with E-state index in [1.165, 1.54) is 12.1 Å². The van der Waals surface area contributed by atoms with Crippen LogP contribution in [-0.2, 0) is 19.4 Å². The van der Waals surface area contributed by atoms with Crippen molar-refractivity contribution in [3.8, 4) is 16.9 Å². The number of hydrogen-bond donors (Lipinski definition) is 0. The first kappa shape index (κ1) is 19.1. The summed E-state index contributed by atoms with van der Waals surface area (Å²) in [5.41, 5.74) is 3.45. The van der Waals surface area contributed by atoms with Gasteiger partial charge in [-0.1, -0.05) is 41.4 Å². The third-order valence-electron chi connectivity index (χ3n) is 3.88. The summed E-state index contributed by atoms with van der Waals surface area (Å²) in [6.07, 6.45) is 0. The van der Waals surface area contributed by atoms with Crippen molar-refractivity contribution in [2.24, 2.45) is 0 Å². The maximum Gasteiger partial charge on any atom is 0.303 e. The lowest BCUT2D eigenvalue weighted by atomic mass is 10.1. The van der Waals surface area contributed by atoms with E-state index in [0.29, 0.717) is 5.15 Å². The first-order valence-electron chi connectivity index (χ1n) is 8.05. The van der Waals surface area contributed by atoms with Gasteiger partial charge in [-0.3, -0.25) is 4.79 Å². The van der Waals surface area contributed by atoms with Crippen LogP contribution in [-0.4, -0.2) is 30.1 Å². The lowest BCUT2D eigenvalue weighted by Gasteiger charge is -2.09. The monoisotopic (exact) mass is 404 g/mol. The molecule has 0 amide bonds. The van der Waals surface area contributed by atoms with Crippen molar-refractivity contribution in [2.45, 2.75) is 18.7 Å². The van der Waals surface area contributed by atoms with E-state index in [9.17, 15) is 13.2 Å². The molecular weight excluding hydrogens is 388 g/mol. The van der Waals surface area contributed by atoms with Gasteiger partial charge in [-0.25, -0.2) is 13.1 Å². The number of nitrogens with zero attached hydrogens (tertiary/aromatic N) is 2. The predicted octanol–water partition coefficient (Wildman–Crippen LogP) is 3.80. The number of hydrogen-bond acceptors (Lipinski definition) is 5. The van der Waals surface area contributed by atoms with Gasteiger partial charge in [-0.15, -0.1) is 0 Å². The van der Waals surface area contributed by atoms with Crippen molar-refractivity contribution in [1.82, 2.24) is 9.78 Å². The van der Waals surface area contributed by atoms with E-state index in [0.717, 1.165) is 29.4 Å². The van der Waals surface area contributed by atoms with E-state index >= 15 is 0 Å². The van der Waals surface area contributed by atoms with E-state index in [1.54, 1.807) is 22.9 Å².